The number of likely N-dealkylation sites (tertiary alicyclic amines) is 1. The molecule has 1 N–H and O–H groups in total. The number of morpholine rings is 1. The minimum absolute atomic E-state index is 0.0117. The lowest BCUT2D eigenvalue weighted by Gasteiger charge is -2.38. The molecule has 0 aliphatic carbocycles. The van der Waals surface area contributed by atoms with Gasteiger partial charge in [0, 0.05) is 38.1 Å². The Morgan fingerprint density at radius 1 is 1.33 bits per heavy atom. The van der Waals surface area contributed by atoms with E-state index in [1.807, 2.05) is 12.3 Å². The minimum atomic E-state index is -3.15. The van der Waals surface area contributed by atoms with Gasteiger partial charge in [-0.05, 0) is 25.0 Å². The maximum Gasteiger partial charge on any atom is 0.211 e. The summed E-state index contributed by atoms with van der Waals surface area (Å²) < 4.78 is 31.4. The second-order valence-electron chi connectivity index (χ2n) is 5.90. The number of rotatable bonds is 3. The van der Waals surface area contributed by atoms with E-state index in [9.17, 15) is 8.42 Å². The Bertz CT molecular complexity index is 558. The summed E-state index contributed by atoms with van der Waals surface area (Å²) in [4.78, 5) is 5.59. The third kappa shape index (κ3) is 3.48. The molecule has 3 heterocycles. The highest BCUT2D eigenvalue weighted by atomic mass is 32.2. The first-order valence-electron chi connectivity index (χ1n) is 7.47. The summed E-state index contributed by atoms with van der Waals surface area (Å²) in [7, 11) is -3.15. The topological polar surface area (TPSA) is 65.6 Å². The normalized spacial score (nSPS) is 29.0. The van der Waals surface area contributed by atoms with Gasteiger partial charge in [0.25, 0.3) is 0 Å². The van der Waals surface area contributed by atoms with E-state index in [1.165, 1.54) is 11.9 Å². The molecule has 2 fully saturated rings. The molecule has 0 spiro atoms. The van der Waals surface area contributed by atoms with Crippen LogP contribution < -0.4 is 0 Å². The molecular formula is C14H23N3O3S. The van der Waals surface area contributed by atoms with E-state index in [4.69, 9.17) is 4.74 Å². The fourth-order valence-electron chi connectivity index (χ4n) is 3.38. The van der Waals surface area contributed by atoms with Gasteiger partial charge in [0.15, 0.2) is 0 Å². The average Bonchev–Trinajstić information content (AvgIpc) is 2.85. The van der Waals surface area contributed by atoms with Crippen molar-refractivity contribution in [2.45, 2.75) is 31.5 Å². The van der Waals surface area contributed by atoms with Crippen molar-refractivity contribution in [1.29, 1.82) is 0 Å². The van der Waals surface area contributed by atoms with E-state index < -0.39 is 10.0 Å². The lowest BCUT2D eigenvalue weighted by molar-refractivity contribution is -0.0407. The van der Waals surface area contributed by atoms with Crippen LogP contribution in [0.4, 0.5) is 0 Å². The van der Waals surface area contributed by atoms with E-state index in [-0.39, 0.29) is 12.1 Å². The van der Waals surface area contributed by atoms with E-state index >= 15 is 0 Å². The van der Waals surface area contributed by atoms with Gasteiger partial charge >= 0.3 is 0 Å². The van der Waals surface area contributed by atoms with Crippen molar-refractivity contribution in [3.8, 4) is 0 Å². The molecule has 0 bridgehead atoms. The van der Waals surface area contributed by atoms with Crippen LogP contribution in [0.25, 0.3) is 0 Å². The van der Waals surface area contributed by atoms with Crippen LogP contribution in [0, 0.1) is 0 Å². The van der Waals surface area contributed by atoms with Gasteiger partial charge in [-0.1, -0.05) is 0 Å². The summed E-state index contributed by atoms with van der Waals surface area (Å²) in [6.45, 7) is 3.71. The number of nitrogens with one attached hydrogen (secondary N) is 1. The van der Waals surface area contributed by atoms with Crippen LogP contribution in [-0.2, 0) is 21.3 Å². The van der Waals surface area contributed by atoms with Gasteiger partial charge in [-0.25, -0.2) is 8.42 Å². The number of hydrogen-bond donors (Lipinski definition) is 1. The van der Waals surface area contributed by atoms with Gasteiger partial charge in [-0.15, -0.1) is 0 Å². The van der Waals surface area contributed by atoms with Crippen LogP contribution in [0.1, 0.15) is 18.5 Å². The Morgan fingerprint density at radius 2 is 2.14 bits per heavy atom. The summed E-state index contributed by atoms with van der Waals surface area (Å²) in [5.41, 5.74) is 1.20. The highest BCUT2D eigenvalue weighted by Crippen LogP contribution is 2.26. The molecule has 2 saturated heterocycles. The number of H-pyrrole nitrogens is 1. The third-order valence-electron chi connectivity index (χ3n) is 4.40. The van der Waals surface area contributed by atoms with Crippen molar-refractivity contribution in [1.82, 2.24) is 14.2 Å². The van der Waals surface area contributed by atoms with Gasteiger partial charge in [-0.3, -0.25) is 4.90 Å². The van der Waals surface area contributed by atoms with Gasteiger partial charge in [0.2, 0.25) is 10.0 Å². The summed E-state index contributed by atoms with van der Waals surface area (Å²) in [6.07, 6.45) is 4.98. The molecule has 1 aromatic rings. The Labute approximate surface area is 126 Å². The summed E-state index contributed by atoms with van der Waals surface area (Å²) in [5, 5.41) is 0. The standard InChI is InChI=1S/C14H23N3O3S/c1-21(18,19)17-9-10-20-14-5-8-16(7-4-13(14)17)11-12-3-2-6-15-12/h2-3,6,13-15H,4-5,7-11H2,1H3. The first kappa shape index (κ1) is 15.0. The highest BCUT2D eigenvalue weighted by molar-refractivity contribution is 7.88. The molecule has 1 aromatic heterocycles. The zero-order valence-electron chi connectivity index (χ0n) is 12.4. The molecule has 2 aliphatic heterocycles. The molecule has 0 amide bonds. The van der Waals surface area contributed by atoms with Crippen molar-refractivity contribution < 1.29 is 13.2 Å². The fourth-order valence-corrected chi connectivity index (χ4v) is 4.51. The van der Waals surface area contributed by atoms with Crippen LogP contribution in [0.5, 0.6) is 0 Å². The maximum atomic E-state index is 11.9. The zero-order chi connectivity index (χ0) is 14.9. The monoisotopic (exact) mass is 313 g/mol. The van der Waals surface area contributed by atoms with Crippen LogP contribution in [0.3, 0.4) is 0 Å². The first-order valence-corrected chi connectivity index (χ1v) is 9.32. The number of hydrogen-bond acceptors (Lipinski definition) is 4. The van der Waals surface area contributed by atoms with Gasteiger partial charge in [-0.2, -0.15) is 4.31 Å². The van der Waals surface area contributed by atoms with Crippen LogP contribution in [0.15, 0.2) is 18.3 Å². The smallest absolute Gasteiger partial charge is 0.211 e. The molecule has 6 nitrogen and oxygen atoms in total. The second kappa shape index (κ2) is 6.08. The highest BCUT2D eigenvalue weighted by Gasteiger charge is 2.38. The Hall–Kier alpha value is -0.890. The average molecular weight is 313 g/mol. The molecule has 7 heteroatoms. The van der Waals surface area contributed by atoms with E-state index in [0.29, 0.717) is 13.2 Å². The molecular weight excluding hydrogens is 290 g/mol. The molecule has 3 rings (SSSR count). The van der Waals surface area contributed by atoms with Crippen molar-refractivity contribution in [3.63, 3.8) is 0 Å². The number of aromatic amines is 1. The number of nitrogens with zero attached hydrogens (tertiary/aromatic N) is 2. The van der Waals surface area contributed by atoms with Crippen molar-refractivity contribution in [3.05, 3.63) is 24.0 Å². The van der Waals surface area contributed by atoms with E-state index in [2.05, 4.69) is 16.0 Å². The van der Waals surface area contributed by atoms with Crippen molar-refractivity contribution in [2.24, 2.45) is 0 Å². The zero-order valence-corrected chi connectivity index (χ0v) is 13.2. The van der Waals surface area contributed by atoms with Gasteiger partial charge in [0.05, 0.1) is 25.0 Å². The molecule has 0 saturated carbocycles. The second-order valence-corrected chi connectivity index (χ2v) is 7.83. The third-order valence-corrected chi connectivity index (χ3v) is 5.70. The quantitative estimate of drug-likeness (QED) is 0.889. The van der Waals surface area contributed by atoms with Crippen LogP contribution >= 0.6 is 0 Å². The Kier molecular flexibility index (Phi) is 4.35. The number of ether oxygens (including phenoxy) is 1. The van der Waals surface area contributed by atoms with Crippen molar-refractivity contribution in [2.75, 3.05) is 32.5 Å². The lowest BCUT2D eigenvalue weighted by Crippen LogP contribution is -2.53. The predicted octanol–water partition coefficient (Wildman–Crippen LogP) is 0.639. The van der Waals surface area contributed by atoms with E-state index in [1.54, 1.807) is 4.31 Å². The summed E-state index contributed by atoms with van der Waals surface area (Å²) >= 11 is 0. The SMILES string of the molecule is CS(=O)(=O)N1CCOC2CCN(Cc3ccc[nH]3)CCC21. The Morgan fingerprint density at radius 3 is 2.86 bits per heavy atom. The molecule has 2 atom stereocenters. The minimum Gasteiger partial charge on any atom is -0.375 e. The van der Waals surface area contributed by atoms with Crippen LogP contribution in [-0.4, -0.2) is 67.2 Å². The van der Waals surface area contributed by atoms with Crippen molar-refractivity contribution >= 4 is 10.0 Å². The molecule has 0 aromatic carbocycles. The molecule has 21 heavy (non-hydrogen) atoms. The van der Waals surface area contributed by atoms with Gasteiger partial charge < -0.3 is 9.72 Å². The lowest BCUT2D eigenvalue weighted by atomic mass is 10.0. The van der Waals surface area contributed by atoms with Crippen LogP contribution in [0.2, 0.25) is 0 Å². The number of aromatic nitrogens is 1. The van der Waals surface area contributed by atoms with Gasteiger partial charge in [0.1, 0.15) is 0 Å². The predicted molar refractivity (Wildman–Crippen MR) is 80.4 cm³/mol. The summed E-state index contributed by atoms with van der Waals surface area (Å²) in [6, 6.07) is 4.07. The molecule has 2 unspecified atom stereocenters. The Balaban J connectivity index is 1.68. The number of fused-ring (bicyclic) bond motifs is 1. The molecule has 2 aliphatic rings. The first-order chi connectivity index (χ1) is 10.0. The molecule has 118 valence electrons. The molecule has 0 radical (unpaired) electrons. The number of sulfonamides is 1. The summed E-state index contributed by atoms with van der Waals surface area (Å²) in [5.74, 6) is 0. The van der Waals surface area contributed by atoms with E-state index in [0.717, 1.165) is 32.5 Å². The largest absolute Gasteiger partial charge is 0.375 e. The fraction of sp³-hybridized carbons (Fsp3) is 0.714. The maximum absolute atomic E-state index is 11.9.